The van der Waals surface area contributed by atoms with Gasteiger partial charge < -0.3 is 29.6 Å². The molecule has 39 heavy (non-hydrogen) atoms. The number of aromatic hydroxyl groups is 1. The molecule has 1 aromatic carbocycles. The first kappa shape index (κ1) is 27.5. The van der Waals surface area contributed by atoms with Crippen LogP contribution in [0.4, 0.5) is 10.2 Å². The molecule has 2 atom stereocenters. The third kappa shape index (κ3) is 4.89. The van der Waals surface area contributed by atoms with Crippen molar-refractivity contribution in [2.45, 2.75) is 64.1 Å². The van der Waals surface area contributed by atoms with Crippen LogP contribution in [0.3, 0.4) is 0 Å². The maximum absolute atomic E-state index is 15.0. The second-order valence-corrected chi connectivity index (χ2v) is 11.5. The largest absolute Gasteiger partial charge is 0.507 e. The van der Waals surface area contributed by atoms with E-state index in [1.165, 1.54) is 18.2 Å². The number of aromatic nitrogens is 1. The maximum Gasteiger partial charge on any atom is 0.261 e. The number of hydrogen-bond donors (Lipinski definition) is 2. The van der Waals surface area contributed by atoms with E-state index in [0.29, 0.717) is 32.5 Å². The summed E-state index contributed by atoms with van der Waals surface area (Å²) in [5.74, 6) is -1.11. The Bertz CT molecular complexity index is 1280. The quantitative estimate of drug-likeness (QED) is 0.572. The molecule has 9 nitrogen and oxygen atoms in total. The number of fused-ring (bicyclic) bond motifs is 2. The Kier molecular flexibility index (Phi) is 7.37. The molecule has 0 spiro atoms. The molecule has 5 rings (SSSR count). The van der Waals surface area contributed by atoms with Crippen LogP contribution in [0.5, 0.6) is 11.5 Å². The Labute approximate surface area is 232 Å². The van der Waals surface area contributed by atoms with E-state index in [1.807, 2.05) is 25.7 Å². The number of piperazine rings is 1. The van der Waals surface area contributed by atoms with Crippen LogP contribution in [0.1, 0.15) is 56.8 Å². The number of carbonyl (C=O) groups is 2. The SMILES string of the molecule is CCCCC(=O)N1CCN2C(=O)c3c(N4CC(O)CC4(C)C)nc(-c4c(O)cccc4F)c(Cl)c3OCC2C1. The molecule has 1 aromatic heterocycles. The van der Waals surface area contributed by atoms with Gasteiger partial charge in [0.25, 0.3) is 5.91 Å². The molecule has 0 radical (unpaired) electrons. The van der Waals surface area contributed by atoms with Crippen LogP contribution in [0.15, 0.2) is 18.2 Å². The van der Waals surface area contributed by atoms with Crippen molar-refractivity contribution in [2.24, 2.45) is 0 Å². The lowest BCUT2D eigenvalue weighted by Crippen LogP contribution is -2.57. The number of nitrogens with zero attached hydrogens (tertiary/aromatic N) is 4. The number of rotatable bonds is 5. The summed E-state index contributed by atoms with van der Waals surface area (Å²) in [5, 5.41) is 21.0. The zero-order chi connectivity index (χ0) is 28.1. The van der Waals surface area contributed by atoms with E-state index in [0.717, 1.165) is 12.8 Å². The van der Waals surface area contributed by atoms with E-state index in [4.69, 9.17) is 16.3 Å². The summed E-state index contributed by atoms with van der Waals surface area (Å²) in [7, 11) is 0. The van der Waals surface area contributed by atoms with E-state index in [9.17, 15) is 19.8 Å². The number of aliphatic hydroxyl groups excluding tert-OH is 1. The summed E-state index contributed by atoms with van der Waals surface area (Å²) in [6.07, 6.45) is 1.95. The summed E-state index contributed by atoms with van der Waals surface area (Å²) < 4.78 is 21.2. The lowest BCUT2D eigenvalue weighted by atomic mass is 10.00. The number of anilines is 1. The number of phenols is 1. The lowest BCUT2D eigenvalue weighted by molar-refractivity contribution is -0.134. The number of halogens is 2. The highest BCUT2D eigenvalue weighted by Crippen LogP contribution is 2.48. The molecule has 0 bridgehead atoms. The average Bonchev–Trinajstić information content (AvgIpc) is 3.08. The van der Waals surface area contributed by atoms with Gasteiger partial charge in [-0.3, -0.25) is 9.59 Å². The van der Waals surface area contributed by atoms with Gasteiger partial charge in [-0.2, -0.15) is 0 Å². The first-order valence-electron chi connectivity index (χ1n) is 13.4. The van der Waals surface area contributed by atoms with Crippen LogP contribution in [-0.2, 0) is 4.79 Å². The number of pyridine rings is 1. The molecule has 0 aliphatic carbocycles. The average molecular weight is 561 g/mol. The van der Waals surface area contributed by atoms with Crippen LogP contribution in [0.2, 0.25) is 5.02 Å². The van der Waals surface area contributed by atoms with Gasteiger partial charge in [-0.25, -0.2) is 9.37 Å². The highest BCUT2D eigenvalue weighted by atomic mass is 35.5. The lowest BCUT2D eigenvalue weighted by Gasteiger charge is -2.40. The number of ether oxygens (including phenoxy) is 1. The normalized spacial score (nSPS) is 22.3. The molecule has 3 aliphatic heterocycles. The van der Waals surface area contributed by atoms with Crippen molar-refractivity contribution in [1.82, 2.24) is 14.8 Å². The molecule has 2 fully saturated rings. The molecule has 2 N–H and O–H groups in total. The van der Waals surface area contributed by atoms with Crippen molar-refractivity contribution >= 4 is 29.2 Å². The van der Waals surface area contributed by atoms with Gasteiger partial charge in [0.05, 0.1) is 17.7 Å². The summed E-state index contributed by atoms with van der Waals surface area (Å²) >= 11 is 6.79. The third-order valence-corrected chi connectivity index (χ3v) is 8.24. The minimum absolute atomic E-state index is 0.0521. The fraction of sp³-hybridized carbons (Fsp3) is 0.536. The van der Waals surface area contributed by atoms with Gasteiger partial charge in [0.1, 0.15) is 40.3 Å². The fourth-order valence-corrected chi connectivity index (χ4v) is 6.14. The summed E-state index contributed by atoms with van der Waals surface area (Å²) in [5.41, 5.74) is -0.703. The monoisotopic (exact) mass is 560 g/mol. The van der Waals surface area contributed by atoms with Crippen molar-refractivity contribution in [3.63, 3.8) is 0 Å². The Morgan fingerprint density at radius 1 is 1.26 bits per heavy atom. The minimum Gasteiger partial charge on any atom is -0.507 e. The predicted octanol–water partition coefficient (Wildman–Crippen LogP) is 3.83. The van der Waals surface area contributed by atoms with E-state index in [-0.39, 0.29) is 64.1 Å². The zero-order valence-corrected chi connectivity index (χ0v) is 23.2. The molecule has 2 unspecified atom stereocenters. The van der Waals surface area contributed by atoms with Gasteiger partial charge in [-0.1, -0.05) is 31.0 Å². The van der Waals surface area contributed by atoms with Gasteiger partial charge in [0.15, 0.2) is 5.75 Å². The van der Waals surface area contributed by atoms with E-state index in [2.05, 4.69) is 4.98 Å². The number of hydrogen-bond acceptors (Lipinski definition) is 7. The van der Waals surface area contributed by atoms with Crippen molar-refractivity contribution < 1.29 is 28.9 Å². The van der Waals surface area contributed by atoms with Gasteiger partial charge in [0.2, 0.25) is 5.91 Å². The number of benzene rings is 1. The molecule has 3 aliphatic rings. The molecule has 2 aromatic rings. The van der Waals surface area contributed by atoms with Gasteiger partial charge in [0, 0.05) is 38.1 Å². The van der Waals surface area contributed by atoms with E-state index < -0.39 is 23.5 Å². The summed E-state index contributed by atoms with van der Waals surface area (Å²) in [6.45, 7) is 7.23. The zero-order valence-electron chi connectivity index (χ0n) is 22.4. The number of aliphatic hydroxyl groups is 1. The Morgan fingerprint density at radius 3 is 2.69 bits per heavy atom. The minimum atomic E-state index is -0.727. The third-order valence-electron chi connectivity index (χ3n) is 7.89. The van der Waals surface area contributed by atoms with Gasteiger partial charge >= 0.3 is 0 Å². The molecule has 2 saturated heterocycles. The number of phenolic OH excluding ortho intramolecular Hbond substituents is 1. The standard InChI is InChI=1S/C28H34ClFN4O5/c1-4-5-9-20(37)32-10-11-33-16(13-32)15-39-25-22(27(33)38)26(34-14-17(35)12-28(34,2)3)31-24(23(25)29)21-18(30)7-6-8-19(21)36/h6-8,16-17,35-36H,4-5,9-15H2,1-3H3. The second kappa shape index (κ2) is 10.5. The number of unbranched alkanes of at least 4 members (excludes halogenated alkanes) is 1. The molecule has 2 amide bonds. The Morgan fingerprint density at radius 2 is 2.03 bits per heavy atom. The van der Waals surface area contributed by atoms with Crippen LogP contribution < -0.4 is 9.64 Å². The van der Waals surface area contributed by atoms with Gasteiger partial charge in [-0.05, 0) is 38.8 Å². The smallest absolute Gasteiger partial charge is 0.261 e. The molecular weight excluding hydrogens is 527 g/mol. The molecule has 11 heteroatoms. The highest BCUT2D eigenvalue weighted by molar-refractivity contribution is 6.35. The topological polar surface area (TPSA) is 106 Å². The van der Waals surface area contributed by atoms with Crippen molar-refractivity contribution in [3.05, 3.63) is 34.6 Å². The van der Waals surface area contributed by atoms with Gasteiger partial charge in [-0.15, -0.1) is 0 Å². The first-order valence-corrected chi connectivity index (χ1v) is 13.8. The van der Waals surface area contributed by atoms with Crippen molar-refractivity contribution in [3.8, 4) is 22.8 Å². The van der Waals surface area contributed by atoms with Crippen molar-refractivity contribution in [1.29, 1.82) is 0 Å². The van der Waals surface area contributed by atoms with Crippen LogP contribution in [-0.4, -0.2) is 87.3 Å². The number of β-amino-alcohol motifs (C(OH)–C–C–N with tert-alkyl or cyclic N) is 1. The predicted molar refractivity (Wildman–Crippen MR) is 145 cm³/mol. The molecule has 210 valence electrons. The molecule has 4 heterocycles. The van der Waals surface area contributed by atoms with Crippen LogP contribution >= 0.6 is 11.6 Å². The first-order chi connectivity index (χ1) is 18.5. The van der Waals surface area contributed by atoms with E-state index in [1.54, 1.807) is 9.80 Å². The summed E-state index contributed by atoms with van der Waals surface area (Å²) in [4.78, 5) is 36.9. The number of carbonyl (C=O) groups excluding carboxylic acids is 2. The number of amides is 2. The fourth-order valence-electron chi connectivity index (χ4n) is 5.85. The summed E-state index contributed by atoms with van der Waals surface area (Å²) in [6, 6.07) is 3.49. The highest BCUT2D eigenvalue weighted by Gasteiger charge is 2.45. The Balaban J connectivity index is 1.62. The van der Waals surface area contributed by atoms with Crippen LogP contribution in [0, 0.1) is 5.82 Å². The van der Waals surface area contributed by atoms with Crippen molar-refractivity contribution in [2.75, 3.05) is 37.7 Å². The Hall–Kier alpha value is -3.11. The van der Waals surface area contributed by atoms with E-state index >= 15 is 4.39 Å². The molecule has 0 saturated carbocycles. The second-order valence-electron chi connectivity index (χ2n) is 11.1. The van der Waals surface area contributed by atoms with Crippen LogP contribution in [0.25, 0.3) is 11.3 Å². The maximum atomic E-state index is 15.0. The molecular formula is C28H34ClFN4O5.